The molecule has 7 rings (SSSR count). The number of alkyl halides is 1. The third-order valence-electron chi connectivity index (χ3n) is 10.2. The number of morpholine rings is 1. The third kappa shape index (κ3) is 8.55. The number of ether oxygens (including phenoxy) is 2. The van der Waals surface area contributed by atoms with Crippen molar-refractivity contribution in [1.82, 2.24) is 34.4 Å². The highest BCUT2D eigenvalue weighted by atomic mass is 32.2. The molecule has 1 N–H and O–H groups in total. The van der Waals surface area contributed by atoms with Crippen LogP contribution >= 0.6 is 0 Å². The molecule has 2 saturated heterocycles. The van der Waals surface area contributed by atoms with Crippen molar-refractivity contribution < 1.29 is 27.2 Å². The van der Waals surface area contributed by atoms with Gasteiger partial charge in [-0.25, -0.2) is 27.3 Å². The molecule has 54 heavy (non-hydrogen) atoms. The minimum Gasteiger partial charge on any atom is -0.474 e. The summed E-state index contributed by atoms with van der Waals surface area (Å²) in [5.74, 6) is 1.23. The van der Waals surface area contributed by atoms with Crippen LogP contribution in [0.3, 0.4) is 0 Å². The van der Waals surface area contributed by atoms with Crippen molar-refractivity contribution in [2.75, 3.05) is 91.4 Å². The number of nitro groups is 1. The first kappa shape index (κ1) is 37.4. The highest BCUT2D eigenvalue weighted by molar-refractivity contribution is 7.92. The first-order chi connectivity index (χ1) is 26.1. The van der Waals surface area contributed by atoms with E-state index in [0.717, 1.165) is 68.1 Å². The molecule has 0 bridgehead atoms. The van der Waals surface area contributed by atoms with Gasteiger partial charge in [-0.2, -0.15) is 4.98 Å². The summed E-state index contributed by atoms with van der Waals surface area (Å²) in [6.07, 6.45) is 10.5. The molecule has 4 aromatic rings. The van der Waals surface area contributed by atoms with Gasteiger partial charge in [-0.3, -0.25) is 14.2 Å². The number of piperazine rings is 1. The molecule has 20 heteroatoms. The molecule has 6 heterocycles. The Hall–Kier alpha value is -4.95. The Morgan fingerprint density at radius 2 is 1.70 bits per heavy atom. The van der Waals surface area contributed by atoms with Crippen LogP contribution in [0.2, 0.25) is 0 Å². The van der Waals surface area contributed by atoms with Crippen molar-refractivity contribution in [3.63, 3.8) is 0 Å². The Balaban J connectivity index is 1.06. The summed E-state index contributed by atoms with van der Waals surface area (Å²) >= 11 is 0. The van der Waals surface area contributed by atoms with Crippen LogP contribution in [0.4, 0.5) is 33.5 Å². The molecule has 0 unspecified atom stereocenters. The van der Waals surface area contributed by atoms with Gasteiger partial charge in [-0.1, -0.05) is 4.98 Å². The summed E-state index contributed by atoms with van der Waals surface area (Å²) in [4.78, 5) is 39.8. The molecular weight excluding hydrogens is 724 g/mol. The van der Waals surface area contributed by atoms with Gasteiger partial charge in [0, 0.05) is 57.9 Å². The molecular formula is C34H45FN12O6S. The fraction of sp³-hybridized carbons (Fsp3) is 0.559. The first-order valence-electron chi connectivity index (χ1n) is 18.1. The van der Waals surface area contributed by atoms with Crippen LogP contribution in [0, 0.1) is 10.1 Å². The number of anilines is 4. The third-order valence-corrected chi connectivity index (χ3v) is 11.4. The molecule has 4 aromatic heterocycles. The van der Waals surface area contributed by atoms with Crippen LogP contribution in [0.15, 0.2) is 36.9 Å². The fourth-order valence-corrected chi connectivity index (χ4v) is 7.97. The summed E-state index contributed by atoms with van der Waals surface area (Å²) in [5, 5.41) is 15.4. The topological polar surface area (TPSA) is 190 Å². The number of hydrogen-bond donors (Lipinski definition) is 1. The van der Waals surface area contributed by atoms with Crippen LogP contribution in [-0.2, 0) is 28.4 Å². The van der Waals surface area contributed by atoms with Gasteiger partial charge in [0.05, 0.1) is 73.9 Å². The van der Waals surface area contributed by atoms with E-state index in [0.29, 0.717) is 67.1 Å². The number of nitrogens with one attached hydrogen (secondary N) is 1. The Morgan fingerprint density at radius 3 is 2.35 bits per heavy atom. The van der Waals surface area contributed by atoms with Crippen molar-refractivity contribution in [3.05, 3.63) is 52.7 Å². The minimum atomic E-state index is -3.86. The maximum atomic E-state index is 13.1. The van der Waals surface area contributed by atoms with E-state index in [-0.39, 0.29) is 31.1 Å². The van der Waals surface area contributed by atoms with Crippen LogP contribution in [0.25, 0.3) is 10.9 Å². The van der Waals surface area contributed by atoms with E-state index in [1.54, 1.807) is 6.07 Å². The van der Waals surface area contributed by atoms with Crippen molar-refractivity contribution in [2.45, 2.75) is 44.4 Å². The summed E-state index contributed by atoms with van der Waals surface area (Å²) < 4.78 is 53.5. The number of sulfonamides is 1. The van der Waals surface area contributed by atoms with E-state index in [1.165, 1.54) is 24.0 Å². The maximum Gasteiger partial charge on any atom is 0.434 e. The fourth-order valence-electron chi connectivity index (χ4n) is 7.12. The highest BCUT2D eigenvalue weighted by Crippen LogP contribution is 2.34. The summed E-state index contributed by atoms with van der Waals surface area (Å²) in [6, 6.07) is 3.71. The van der Waals surface area contributed by atoms with Crippen LogP contribution < -0.4 is 24.2 Å². The Kier molecular flexibility index (Phi) is 11.2. The van der Waals surface area contributed by atoms with Crippen LogP contribution in [-0.4, -0.2) is 132 Å². The molecule has 18 nitrogen and oxygen atoms in total. The van der Waals surface area contributed by atoms with Gasteiger partial charge in [0.15, 0.2) is 0 Å². The van der Waals surface area contributed by atoms with Crippen LogP contribution in [0.5, 0.6) is 5.88 Å². The van der Waals surface area contributed by atoms with Gasteiger partial charge in [-0.05, 0) is 36.7 Å². The van der Waals surface area contributed by atoms with Crippen molar-refractivity contribution in [1.29, 1.82) is 0 Å². The average Bonchev–Trinajstić information content (AvgIpc) is 3.55. The number of aromatic nitrogens is 6. The molecule has 0 aromatic carbocycles. The molecule has 1 saturated carbocycles. The second kappa shape index (κ2) is 16.2. The predicted molar refractivity (Wildman–Crippen MR) is 200 cm³/mol. The molecule has 0 atom stereocenters. The average molecular weight is 769 g/mol. The standard InChI is InChI=1S/C34H45FN12O6S/c1-42-27(22-39-34(42)47(48)49)23-46(54(2,50)51)25-17-29-30(36-19-25)18-31(45-13-15-52-16-14-45)41-32(29)53-28-5-3-24(4-6-28)40-33-37-20-26(21-38-33)44-11-9-43(8-7-35)10-12-44/h17-22,24,28H,3-16,23H2,1-2H3,(H,37,38,40). The van der Waals surface area contributed by atoms with E-state index in [2.05, 4.69) is 40.0 Å². The Labute approximate surface area is 312 Å². The number of nitrogens with zero attached hydrogens (tertiary/aromatic N) is 11. The van der Waals surface area contributed by atoms with E-state index in [1.807, 2.05) is 18.5 Å². The molecule has 3 fully saturated rings. The monoisotopic (exact) mass is 768 g/mol. The molecule has 3 aliphatic rings. The van der Waals surface area contributed by atoms with E-state index < -0.39 is 20.9 Å². The molecule has 290 valence electrons. The zero-order chi connectivity index (χ0) is 37.8. The van der Waals surface area contributed by atoms with Gasteiger partial charge < -0.3 is 34.7 Å². The lowest BCUT2D eigenvalue weighted by atomic mass is 9.93. The highest BCUT2D eigenvalue weighted by Gasteiger charge is 2.28. The zero-order valence-corrected chi connectivity index (χ0v) is 31.2. The summed E-state index contributed by atoms with van der Waals surface area (Å²) in [6.45, 7) is 5.66. The van der Waals surface area contributed by atoms with Crippen molar-refractivity contribution in [2.24, 2.45) is 7.05 Å². The lowest BCUT2D eigenvalue weighted by molar-refractivity contribution is -0.396. The van der Waals surface area contributed by atoms with Gasteiger partial charge in [0.2, 0.25) is 21.9 Å². The van der Waals surface area contributed by atoms with Crippen molar-refractivity contribution >= 4 is 50.0 Å². The Morgan fingerprint density at radius 1 is 0.981 bits per heavy atom. The van der Waals surface area contributed by atoms with Crippen molar-refractivity contribution in [3.8, 4) is 5.88 Å². The second-order valence-electron chi connectivity index (χ2n) is 13.8. The molecule has 0 radical (unpaired) electrons. The number of halogens is 1. The van der Waals surface area contributed by atoms with Gasteiger partial charge in [-0.15, -0.1) is 0 Å². The largest absolute Gasteiger partial charge is 0.474 e. The smallest absolute Gasteiger partial charge is 0.434 e. The number of imidazole rings is 1. The summed E-state index contributed by atoms with van der Waals surface area (Å²) in [5.41, 5.74) is 2.14. The molecule has 1 aliphatic carbocycles. The second-order valence-corrected chi connectivity index (χ2v) is 15.7. The number of pyridine rings is 2. The maximum absolute atomic E-state index is 13.1. The van der Waals surface area contributed by atoms with E-state index >= 15 is 0 Å². The van der Waals surface area contributed by atoms with Gasteiger partial charge in [0.25, 0.3) is 0 Å². The number of hydrogen-bond acceptors (Lipinski definition) is 15. The molecule has 0 amide bonds. The zero-order valence-electron chi connectivity index (χ0n) is 30.4. The SMILES string of the molecule is Cn1c(CN(c2cnc3cc(N4CCOCC4)nc(OC4CCC(Nc5ncc(N6CCN(CCF)CC6)cn5)CC4)c3c2)S(C)(=O)=O)cnc1[N+](=O)[O-]. The quantitative estimate of drug-likeness (QED) is 0.154. The van der Waals surface area contributed by atoms with E-state index in [9.17, 15) is 22.9 Å². The number of rotatable bonds is 13. The first-order valence-corrected chi connectivity index (χ1v) is 19.9. The lowest BCUT2D eigenvalue weighted by Crippen LogP contribution is -2.47. The summed E-state index contributed by atoms with van der Waals surface area (Å²) in [7, 11) is -2.39. The molecule has 2 aliphatic heterocycles. The van der Waals surface area contributed by atoms with Gasteiger partial charge in [0.1, 0.15) is 30.5 Å². The number of fused-ring (bicyclic) bond motifs is 1. The Bertz CT molecular complexity index is 2030. The van der Waals surface area contributed by atoms with E-state index in [4.69, 9.17) is 14.5 Å². The minimum absolute atomic E-state index is 0.150. The molecule has 0 spiro atoms. The van der Waals surface area contributed by atoms with Crippen LogP contribution in [0.1, 0.15) is 31.4 Å². The predicted octanol–water partition coefficient (Wildman–Crippen LogP) is 2.76. The normalized spacial score (nSPS) is 19.9. The van der Waals surface area contributed by atoms with Gasteiger partial charge >= 0.3 is 5.95 Å². The lowest BCUT2D eigenvalue weighted by Gasteiger charge is -2.35.